The molecule has 6 rings (SSSR count). The van der Waals surface area contributed by atoms with Crippen molar-refractivity contribution in [2.75, 3.05) is 32.1 Å². The molecule has 4 aromatic rings. The van der Waals surface area contributed by atoms with Crippen LogP contribution in [0.1, 0.15) is 58.6 Å². The number of allylic oxidation sites excluding steroid dienone is 1. The van der Waals surface area contributed by atoms with E-state index in [1.165, 1.54) is 0 Å². The molecule has 4 heterocycles. The Bertz CT molecular complexity index is 1600. The molecule has 1 saturated heterocycles. The number of fused-ring (bicyclic) bond motifs is 1. The normalized spacial score (nSPS) is 15.9. The quantitative estimate of drug-likeness (QED) is 0.372. The minimum absolute atomic E-state index is 0.0617. The predicted molar refractivity (Wildman–Crippen MR) is 155 cm³/mol. The first kappa shape index (κ1) is 25.7. The summed E-state index contributed by atoms with van der Waals surface area (Å²) in [5.74, 6) is 2.64. The number of nitrogens with zero attached hydrogens (tertiary/aromatic N) is 5. The Morgan fingerprint density at radius 3 is 2.65 bits per heavy atom. The van der Waals surface area contributed by atoms with Crippen LogP contribution in [0.2, 0.25) is 0 Å². The van der Waals surface area contributed by atoms with Crippen LogP contribution >= 0.6 is 0 Å². The zero-order valence-electron chi connectivity index (χ0n) is 23.3. The zero-order valence-corrected chi connectivity index (χ0v) is 23.3. The maximum atomic E-state index is 11.9. The number of nitrogens with one attached hydrogen (secondary N) is 2. The molecule has 0 unspecified atom stereocenters. The molecule has 0 bridgehead atoms. The van der Waals surface area contributed by atoms with Gasteiger partial charge in [-0.05, 0) is 55.2 Å². The number of hydrogen-bond acceptors (Lipinski definition) is 7. The van der Waals surface area contributed by atoms with Crippen molar-refractivity contribution in [1.29, 1.82) is 0 Å². The van der Waals surface area contributed by atoms with Gasteiger partial charge in [0.25, 0.3) is 5.91 Å². The summed E-state index contributed by atoms with van der Waals surface area (Å²) in [6.45, 7) is 6.13. The van der Waals surface area contributed by atoms with Crippen LogP contribution < -0.4 is 15.0 Å². The van der Waals surface area contributed by atoms with Crippen molar-refractivity contribution >= 4 is 23.4 Å². The number of piperidine rings is 1. The highest BCUT2D eigenvalue weighted by atomic mass is 16.5. The molecule has 0 atom stereocenters. The van der Waals surface area contributed by atoms with Gasteiger partial charge in [0.2, 0.25) is 0 Å². The number of hydrogen-bond donors (Lipinski definition) is 2. The molecule has 204 valence electrons. The van der Waals surface area contributed by atoms with Gasteiger partial charge in [0.1, 0.15) is 29.4 Å². The van der Waals surface area contributed by atoms with Gasteiger partial charge in [-0.2, -0.15) is 0 Å². The fraction of sp³-hybridized carbons (Fsp3) is 0.323. The van der Waals surface area contributed by atoms with E-state index in [4.69, 9.17) is 14.7 Å². The summed E-state index contributed by atoms with van der Waals surface area (Å²) in [5.41, 5.74) is 7.65. The fourth-order valence-electron chi connectivity index (χ4n) is 5.65. The SMILES string of the molecule is CNC(=O)c1ccc(C2=Cc3c(ncnc3N3CCC(C)(c4nc(-c5cccc(OC)c5)c(C)[nH]4)CC3)C2)cn1. The van der Waals surface area contributed by atoms with E-state index < -0.39 is 0 Å². The summed E-state index contributed by atoms with van der Waals surface area (Å²) in [7, 11) is 3.29. The topological polar surface area (TPSA) is 109 Å². The van der Waals surface area contributed by atoms with Gasteiger partial charge >= 0.3 is 0 Å². The lowest BCUT2D eigenvalue weighted by Gasteiger charge is -2.39. The molecule has 2 aliphatic rings. The van der Waals surface area contributed by atoms with Crippen LogP contribution in [0.4, 0.5) is 5.82 Å². The van der Waals surface area contributed by atoms with Gasteiger partial charge in [-0.3, -0.25) is 9.78 Å². The molecule has 0 spiro atoms. The molecule has 1 aromatic carbocycles. The highest BCUT2D eigenvalue weighted by Crippen LogP contribution is 2.40. The van der Waals surface area contributed by atoms with Crippen LogP contribution in [0.25, 0.3) is 22.9 Å². The minimum atomic E-state index is -0.193. The van der Waals surface area contributed by atoms with Crippen molar-refractivity contribution in [3.8, 4) is 17.0 Å². The van der Waals surface area contributed by atoms with E-state index >= 15 is 0 Å². The Kier molecular flexibility index (Phi) is 6.57. The second kappa shape index (κ2) is 10.2. The molecule has 1 aliphatic carbocycles. The number of imidazole rings is 1. The second-order valence-corrected chi connectivity index (χ2v) is 10.8. The average molecular weight is 536 g/mol. The van der Waals surface area contributed by atoms with Crippen molar-refractivity contribution in [3.63, 3.8) is 0 Å². The molecule has 2 N–H and O–H groups in total. The Morgan fingerprint density at radius 2 is 1.93 bits per heavy atom. The van der Waals surface area contributed by atoms with Gasteiger partial charge in [0.15, 0.2) is 0 Å². The number of carbonyl (C=O) groups is 1. The maximum absolute atomic E-state index is 11.9. The van der Waals surface area contributed by atoms with Gasteiger partial charge in [-0.1, -0.05) is 25.1 Å². The third kappa shape index (κ3) is 4.61. The first-order chi connectivity index (χ1) is 19.4. The Labute approximate surface area is 233 Å². The molecule has 40 heavy (non-hydrogen) atoms. The van der Waals surface area contributed by atoms with Crippen molar-refractivity contribution < 1.29 is 9.53 Å². The first-order valence-electron chi connectivity index (χ1n) is 13.6. The highest BCUT2D eigenvalue weighted by Gasteiger charge is 2.36. The summed E-state index contributed by atoms with van der Waals surface area (Å²) < 4.78 is 5.42. The zero-order chi connectivity index (χ0) is 27.9. The number of H-pyrrole nitrogens is 1. The molecule has 1 aliphatic heterocycles. The van der Waals surface area contributed by atoms with Crippen molar-refractivity contribution in [3.05, 3.63) is 83.0 Å². The van der Waals surface area contributed by atoms with E-state index in [-0.39, 0.29) is 11.3 Å². The van der Waals surface area contributed by atoms with E-state index in [0.717, 1.165) is 89.1 Å². The van der Waals surface area contributed by atoms with E-state index in [9.17, 15) is 4.79 Å². The van der Waals surface area contributed by atoms with Crippen LogP contribution in [0, 0.1) is 6.92 Å². The van der Waals surface area contributed by atoms with Gasteiger partial charge in [0, 0.05) is 55.0 Å². The van der Waals surface area contributed by atoms with Crippen LogP contribution in [0.3, 0.4) is 0 Å². The largest absolute Gasteiger partial charge is 0.497 e. The number of pyridine rings is 1. The van der Waals surface area contributed by atoms with Crippen LogP contribution in [-0.2, 0) is 11.8 Å². The second-order valence-electron chi connectivity index (χ2n) is 10.8. The van der Waals surface area contributed by atoms with Gasteiger partial charge < -0.3 is 19.9 Å². The molecular weight excluding hydrogens is 502 g/mol. The lowest BCUT2D eigenvalue weighted by Crippen LogP contribution is -2.42. The number of aryl methyl sites for hydroxylation is 1. The summed E-state index contributed by atoms with van der Waals surface area (Å²) in [6, 6.07) is 11.8. The van der Waals surface area contributed by atoms with Crippen LogP contribution in [0.15, 0.2) is 48.9 Å². The number of aromatic nitrogens is 5. The molecule has 0 radical (unpaired) electrons. The van der Waals surface area contributed by atoms with Crippen molar-refractivity contribution in [2.45, 2.75) is 38.5 Å². The summed E-state index contributed by atoms with van der Waals surface area (Å²) in [4.78, 5) is 36.5. The number of anilines is 1. The number of carbonyl (C=O) groups excluding carboxylic acids is 1. The number of rotatable bonds is 6. The van der Waals surface area contributed by atoms with Gasteiger partial charge in [0.05, 0.1) is 18.5 Å². The molecule has 1 amide bonds. The number of ether oxygens (including phenoxy) is 1. The monoisotopic (exact) mass is 535 g/mol. The van der Waals surface area contributed by atoms with E-state index in [1.807, 2.05) is 24.3 Å². The predicted octanol–water partition coefficient (Wildman–Crippen LogP) is 4.59. The Balaban J connectivity index is 1.20. The Morgan fingerprint density at radius 1 is 1.10 bits per heavy atom. The third-order valence-electron chi connectivity index (χ3n) is 8.18. The van der Waals surface area contributed by atoms with Crippen molar-refractivity contribution in [1.82, 2.24) is 30.2 Å². The lowest BCUT2D eigenvalue weighted by molar-refractivity contribution is 0.0958. The van der Waals surface area contributed by atoms with Crippen LogP contribution in [0.5, 0.6) is 5.75 Å². The number of aromatic amines is 1. The summed E-state index contributed by atoms with van der Waals surface area (Å²) in [5, 5.41) is 2.61. The van der Waals surface area contributed by atoms with E-state index in [1.54, 1.807) is 32.7 Å². The molecular formula is C31H33N7O2. The summed E-state index contributed by atoms with van der Waals surface area (Å²) >= 11 is 0. The fourth-order valence-corrected chi connectivity index (χ4v) is 5.65. The smallest absolute Gasteiger partial charge is 0.269 e. The number of methoxy groups -OCH3 is 1. The number of amides is 1. The minimum Gasteiger partial charge on any atom is -0.497 e. The number of benzene rings is 1. The third-order valence-corrected chi connectivity index (χ3v) is 8.18. The maximum Gasteiger partial charge on any atom is 0.269 e. The van der Waals surface area contributed by atoms with Crippen molar-refractivity contribution in [2.24, 2.45) is 0 Å². The molecule has 1 fully saturated rings. The van der Waals surface area contributed by atoms with Gasteiger partial charge in [-0.15, -0.1) is 0 Å². The first-order valence-corrected chi connectivity index (χ1v) is 13.6. The lowest BCUT2D eigenvalue weighted by atomic mass is 9.79. The molecule has 9 heteroatoms. The summed E-state index contributed by atoms with van der Waals surface area (Å²) in [6.07, 6.45) is 8.23. The Hall–Kier alpha value is -4.53. The van der Waals surface area contributed by atoms with Gasteiger partial charge in [-0.25, -0.2) is 15.0 Å². The molecule has 9 nitrogen and oxygen atoms in total. The highest BCUT2D eigenvalue weighted by molar-refractivity contribution is 5.94. The van der Waals surface area contributed by atoms with Crippen LogP contribution in [-0.4, -0.2) is 58.1 Å². The molecule has 0 saturated carbocycles. The van der Waals surface area contributed by atoms with E-state index in [2.05, 4.69) is 51.2 Å². The van der Waals surface area contributed by atoms with E-state index in [0.29, 0.717) is 5.69 Å². The molecule has 3 aromatic heterocycles. The standard InChI is InChI=1S/C31H33N7O2/c1-19-27(20-6-5-7-23(14-20)40-4)37-30(36-19)31(2)10-12-38(13-11-31)28-24-15-22(16-26(24)34-18-35-28)21-8-9-25(33-17-21)29(39)32-3/h5-9,14-15,17-18H,10-13,16H2,1-4H3,(H,32,39)(H,36,37). The average Bonchev–Trinajstić information content (AvgIpc) is 3.61.